The van der Waals surface area contributed by atoms with E-state index in [0.29, 0.717) is 39.0 Å². The molecule has 8 nitrogen and oxygen atoms in total. The molecule has 2 heterocycles. The van der Waals surface area contributed by atoms with Crippen LogP contribution in [0.25, 0.3) is 44.2 Å². The third-order valence-corrected chi connectivity index (χ3v) is 7.77. The number of ether oxygens (including phenoxy) is 2. The third kappa shape index (κ3) is 8.82. The van der Waals surface area contributed by atoms with Gasteiger partial charge in [-0.05, 0) is 86.3 Å². The molecule has 0 aliphatic carbocycles. The van der Waals surface area contributed by atoms with E-state index in [1.165, 1.54) is 24.6 Å². The first-order valence-electron chi connectivity index (χ1n) is 16.2. The number of benzene rings is 4. The highest BCUT2D eigenvalue weighted by atomic mass is 19.1. The molecule has 0 fully saturated rings. The van der Waals surface area contributed by atoms with Crippen LogP contribution in [0.4, 0.5) is 4.39 Å². The molecule has 258 valence electrons. The van der Waals surface area contributed by atoms with Gasteiger partial charge in [0.25, 0.3) is 0 Å². The zero-order chi connectivity index (χ0) is 36.7. The average molecular weight is 687 g/mol. The van der Waals surface area contributed by atoms with E-state index in [0.717, 1.165) is 30.7 Å². The minimum Gasteiger partial charge on any atom is -0.423 e. The Hall–Kier alpha value is -6.35. The molecule has 6 rings (SSSR count). The monoisotopic (exact) mass is 686 g/mol. The van der Waals surface area contributed by atoms with Crippen LogP contribution in [0, 0.1) is 5.82 Å². The van der Waals surface area contributed by atoms with Crippen LogP contribution >= 0.6 is 0 Å². The molecule has 0 amide bonds. The van der Waals surface area contributed by atoms with Crippen LogP contribution in [0.5, 0.6) is 11.5 Å². The summed E-state index contributed by atoms with van der Waals surface area (Å²) in [5, 5.41) is 1.56. The molecule has 0 unspecified atom stereocenters. The van der Waals surface area contributed by atoms with E-state index >= 15 is 0 Å². The van der Waals surface area contributed by atoms with Crippen LogP contribution in [0.15, 0.2) is 140 Å². The van der Waals surface area contributed by atoms with Crippen molar-refractivity contribution in [3.8, 4) is 33.8 Å². The lowest BCUT2D eigenvalue weighted by molar-refractivity contribution is -0.130. The molecule has 0 aliphatic rings. The van der Waals surface area contributed by atoms with Gasteiger partial charge in [0.15, 0.2) is 0 Å². The number of aryl methyl sites for hydroxylation is 1. The van der Waals surface area contributed by atoms with E-state index in [2.05, 4.69) is 26.1 Å². The summed E-state index contributed by atoms with van der Waals surface area (Å²) in [5.74, 6) is -1.38. The molecule has 0 saturated carbocycles. The maximum atomic E-state index is 14.4. The van der Waals surface area contributed by atoms with Crippen LogP contribution in [-0.2, 0) is 16.0 Å². The van der Waals surface area contributed by atoms with Crippen LogP contribution in [-0.4, -0.2) is 11.9 Å². The quantitative estimate of drug-likeness (QED) is 0.0640. The number of hydrogen-bond donors (Lipinski definition) is 0. The van der Waals surface area contributed by atoms with E-state index < -0.39 is 23.4 Å². The summed E-state index contributed by atoms with van der Waals surface area (Å²) in [6, 6.07) is 27.0. The van der Waals surface area contributed by atoms with Crippen molar-refractivity contribution in [2.75, 3.05) is 0 Å². The number of unbranched alkanes of at least 4 members (excludes halogenated alkanes) is 1. The van der Waals surface area contributed by atoms with E-state index in [1.54, 1.807) is 61.5 Å². The highest BCUT2D eigenvalue weighted by Gasteiger charge is 2.15. The summed E-state index contributed by atoms with van der Waals surface area (Å²) in [7, 11) is 0. The first-order valence-corrected chi connectivity index (χ1v) is 16.2. The van der Waals surface area contributed by atoms with Gasteiger partial charge in [-0.1, -0.05) is 69.0 Å². The normalized spacial score (nSPS) is 10.7. The summed E-state index contributed by atoms with van der Waals surface area (Å²) in [5.41, 5.74) is 3.06. The Balaban J connectivity index is 0.000000199. The zero-order valence-corrected chi connectivity index (χ0v) is 28.4. The first kappa shape index (κ1) is 35.9. The van der Waals surface area contributed by atoms with Gasteiger partial charge < -0.3 is 18.3 Å². The van der Waals surface area contributed by atoms with Crippen molar-refractivity contribution in [3.05, 3.63) is 154 Å². The molecule has 0 saturated heterocycles. The molecule has 51 heavy (non-hydrogen) atoms. The summed E-state index contributed by atoms with van der Waals surface area (Å²) >= 11 is 0. The number of rotatable bonds is 9. The van der Waals surface area contributed by atoms with Gasteiger partial charge in [0, 0.05) is 33.5 Å². The van der Waals surface area contributed by atoms with Crippen molar-refractivity contribution in [2.45, 2.75) is 40.0 Å². The second-order valence-corrected chi connectivity index (χ2v) is 11.9. The van der Waals surface area contributed by atoms with Gasteiger partial charge in [-0.3, -0.25) is 0 Å². The lowest BCUT2D eigenvalue weighted by Crippen LogP contribution is -2.09. The average Bonchev–Trinajstić information content (AvgIpc) is 3.11. The standard InChI is InChI=1S/C23H22O4.C19H13FO4/c1-4-5-6-16-7-8-18-14-20(23(25)27-21(18)13-16)17-9-11-19(12-10-17)26-22(24)15(2)3;1-11(2)18(21)23-13-7-8-14(16(20)10-13)15-9-12-5-3-4-6-17(12)24-19(15)22/h7-14H,2,4-6H2,1,3H3;3-10H,1H2,2H3. The van der Waals surface area contributed by atoms with Gasteiger partial charge in [0.05, 0.1) is 11.1 Å². The highest BCUT2D eigenvalue weighted by Crippen LogP contribution is 2.27. The van der Waals surface area contributed by atoms with Crippen LogP contribution < -0.4 is 20.7 Å². The van der Waals surface area contributed by atoms with Crippen LogP contribution in [0.2, 0.25) is 0 Å². The van der Waals surface area contributed by atoms with E-state index in [-0.39, 0.29) is 28.1 Å². The molecule has 9 heteroatoms. The van der Waals surface area contributed by atoms with Crippen molar-refractivity contribution in [3.63, 3.8) is 0 Å². The Kier molecular flexibility index (Phi) is 11.2. The fraction of sp³-hybridized carbons (Fsp3) is 0.143. The van der Waals surface area contributed by atoms with Gasteiger partial charge in [-0.25, -0.2) is 23.6 Å². The predicted molar refractivity (Wildman–Crippen MR) is 195 cm³/mol. The molecule has 2 aromatic heterocycles. The molecule has 0 N–H and O–H groups in total. The minimum absolute atomic E-state index is 0.0365. The Morgan fingerprint density at radius 2 is 1.25 bits per heavy atom. The fourth-order valence-electron chi connectivity index (χ4n) is 5.01. The molecule has 0 aliphatic heterocycles. The molecule has 0 bridgehead atoms. The summed E-state index contributed by atoms with van der Waals surface area (Å²) in [6.07, 6.45) is 3.21. The lowest BCUT2D eigenvalue weighted by Gasteiger charge is -2.07. The molecule has 0 spiro atoms. The van der Waals surface area contributed by atoms with Crippen molar-refractivity contribution in [2.24, 2.45) is 0 Å². The zero-order valence-electron chi connectivity index (χ0n) is 28.4. The lowest BCUT2D eigenvalue weighted by atomic mass is 10.0. The van der Waals surface area contributed by atoms with Gasteiger partial charge in [-0.2, -0.15) is 0 Å². The topological polar surface area (TPSA) is 113 Å². The molecule has 6 aromatic rings. The maximum Gasteiger partial charge on any atom is 0.344 e. The van der Waals surface area contributed by atoms with Crippen molar-refractivity contribution in [1.82, 2.24) is 0 Å². The van der Waals surface area contributed by atoms with Gasteiger partial charge >= 0.3 is 23.2 Å². The molecule has 0 radical (unpaired) electrons. The smallest absolute Gasteiger partial charge is 0.344 e. The van der Waals surface area contributed by atoms with Gasteiger partial charge in [0.1, 0.15) is 28.5 Å². The molecule has 0 atom stereocenters. The van der Waals surface area contributed by atoms with Crippen molar-refractivity contribution in [1.29, 1.82) is 0 Å². The van der Waals surface area contributed by atoms with E-state index in [9.17, 15) is 23.6 Å². The largest absolute Gasteiger partial charge is 0.423 e. The number of halogens is 1. The van der Waals surface area contributed by atoms with Crippen molar-refractivity contribution < 1.29 is 32.3 Å². The van der Waals surface area contributed by atoms with Crippen molar-refractivity contribution >= 4 is 33.9 Å². The SMILES string of the molecule is C=C(C)C(=O)Oc1ccc(-c2cc3ccc(CCCC)cc3oc2=O)cc1.C=C(C)C(=O)Oc1ccc(-c2cc3ccccc3oc2=O)c(F)c1. The van der Waals surface area contributed by atoms with E-state index in [4.69, 9.17) is 18.3 Å². The Morgan fingerprint density at radius 3 is 1.92 bits per heavy atom. The van der Waals surface area contributed by atoms with Crippen LogP contribution in [0.3, 0.4) is 0 Å². The fourth-order valence-corrected chi connectivity index (χ4v) is 5.01. The number of carbonyl (C=O) groups is 2. The second kappa shape index (κ2) is 15.9. The third-order valence-electron chi connectivity index (χ3n) is 7.77. The Labute approximate surface area is 293 Å². The van der Waals surface area contributed by atoms with E-state index in [1.807, 2.05) is 18.2 Å². The summed E-state index contributed by atoms with van der Waals surface area (Å²) in [4.78, 5) is 47.6. The molecular formula is C42H35FO8. The highest BCUT2D eigenvalue weighted by molar-refractivity contribution is 5.89. The Bertz CT molecular complexity index is 2400. The second-order valence-electron chi connectivity index (χ2n) is 11.9. The predicted octanol–water partition coefficient (Wildman–Crippen LogP) is 9.36. The first-order chi connectivity index (χ1) is 24.4. The summed E-state index contributed by atoms with van der Waals surface area (Å²) < 4.78 is 35.3. The number of hydrogen-bond acceptors (Lipinski definition) is 8. The number of para-hydroxylation sites is 1. The summed E-state index contributed by atoms with van der Waals surface area (Å²) in [6.45, 7) is 12.2. The van der Waals surface area contributed by atoms with Gasteiger partial charge in [0.2, 0.25) is 0 Å². The Morgan fingerprint density at radius 1 is 0.667 bits per heavy atom. The number of carbonyl (C=O) groups excluding carboxylic acids is 2. The maximum absolute atomic E-state index is 14.4. The van der Waals surface area contributed by atoms with Gasteiger partial charge in [-0.15, -0.1) is 0 Å². The number of esters is 2. The molecular weight excluding hydrogens is 651 g/mol. The van der Waals surface area contributed by atoms with Crippen LogP contribution in [0.1, 0.15) is 39.2 Å². The number of fused-ring (bicyclic) bond motifs is 2. The molecule has 4 aromatic carbocycles. The minimum atomic E-state index is -0.690.